The Morgan fingerprint density at radius 1 is 1.32 bits per heavy atom. The molecule has 0 aliphatic rings. The molecule has 2 rings (SSSR count). The summed E-state index contributed by atoms with van der Waals surface area (Å²) in [6.45, 7) is 5.14. The highest BCUT2D eigenvalue weighted by Gasteiger charge is 2.15. The summed E-state index contributed by atoms with van der Waals surface area (Å²) in [6.07, 6.45) is 0. The quantitative estimate of drug-likeness (QED) is 0.734. The Balaban J connectivity index is 2.48. The first-order chi connectivity index (χ1) is 9.02. The molecule has 1 aromatic carbocycles. The largest absolute Gasteiger partial charge is 0.310 e. The zero-order valence-corrected chi connectivity index (χ0v) is 13.8. The summed E-state index contributed by atoms with van der Waals surface area (Å²) in [7, 11) is 0. The minimum Gasteiger partial charge on any atom is -0.310 e. The summed E-state index contributed by atoms with van der Waals surface area (Å²) in [6, 6.07) is 5.73. The molecule has 0 aliphatic carbocycles. The molecule has 0 atom stereocenters. The van der Waals surface area contributed by atoms with Crippen molar-refractivity contribution in [2.45, 2.75) is 26.3 Å². The van der Waals surface area contributed by atoms with E-state index in [1.807, 2.05) is 18.2 Å². The molecular weight excluding hydrogens is 349 g/mol. The zero-order valence-electron chi connectivity index (χ0n) is 10.7. The Morgan fingerprint density at radius 3 is 2.63 bits per heavy atom. The third kappa shape index (κ3) is 3.30. The normalized spacial score (nSPS) is 11.3. The van der Waals surface area contributed by atoms with Crippen molar-refractivity contribution in [3.63, 3.8) is 0 Å². The molecule has 3 nitrogen and oxygen atoms in total. The van der Waals surface area contributed by atoms with Crippen LogP contribution >= 0.6 is 39.1 Å². The van der Waals surface area contributed by atoms with Gasteiger partial charge in [-0.2, -0.15) is 0 Å². The number of alkyl halides is 1. The van der Waals surface area contributed by atoms with Gasteiger partial charge in [0.15, 0.2) is 5.82 Å². The minimum atomic E-state index is 0.356. The van der Waals surface area contributed by atoms with E-state index in [0.29, 0.717) is 16.8 Å². The first kappa shape index (κ1) is 14.8. The maximum absolute atomic E-state index is 6.01. The van der Waals surface area contributed by atoms with Crippen molar-refractivity contribution in [2.75, 3.05) is 0 Å². The van der Waals surface area contributed by atoms with Crippen LogP contribution in [-0.2, 0) is 12.4 Å². The van der Waals surface area contributed by atoms with Gasteiger partial charge in [0.05, 0.1) is 10.9 Å². The van der Waals surface area contributed by atoms with Gasteiger partial charge in [-0.3, -0.25) is 0 Å². The van der Waals surface area contributed by atoms with E-state index in [9.17, 15) is 0 Å². The van der Waals surface area contributed by atoms with Gasteiger partial charge in [0.25, 0.3) is 0 Å². The van der Waals surface area contributed by atoms with E-state index in [0.717, 1.165) is 28.2 Å². The molecule has 2 aromatic rings. The smallest absolute Gasteiger partial charge is 0.164 e. The number of halogens is 3. The molecule has 0 bridgehead atoms. The Hall–Kier alpha value is -0.580. The van der Waals surface area contributed by atoms with Crippen LogP contribution in [0.15, 0.2) is 22.7 Å². The molecule has 0 unspecified atom stereocenters. The highest BCUT2D eigenvalue weighted by Crippen LogP contribution is 2.28. The second-order valence-corrected chi connectivity index (χ2v) is 6.24. The summed E-state index contributed by atoms with van der Waals surface area (Å²) >= 11 is 15.4. The van der Waals surface area contributed by atoms with Crippen LogP contribution in [0.4, 0.5) is 0 Å². The third-order valence-electron chi connectivity index (χ3n) is 2.67. The van der Waals surface area contributed by atoms with Crippen LogP contribution in [0.5, 0.6) is 0 Å². The first-order valence-corrected chi connectivity index (χ1v) is 7.67. The van der Waals surface area contributed by atoms with Crippen molar-refractivity contribution in [2.24, 2.45) is 5.92 Å². The van der Waals surface area contributed by atoms with Gasteiger partial charge >= 0.3 is 0 Å². The van der Waals surface area contributed by atoms with E-state index in [1.165, 1.54) is 0 Å². The predicted molar refractivity (Wildman–Crippen MR) is 82.6 cm³/mol. The predicted octanol–water partition coefficient (Wildman–Crippen LogP) is 4.76. The molecule has 0 amide bonds. The molecular formula is C13H14BrCl2N3. The maximum Gasteiger partial charge on any atom is 0.164 e. The summed E-state index contributed by atoms with van der Waals surface area (Å²) in [5.41, 5.74) is 0.973. The lowest BCUT2D eigenvalue weighted by Crippen LogP contribution is -2.09. The highest BCUT2D eigenvalue weighted by atomic mass is 79.9. The highest BCUT2D eigenvalue weighted by molar-refractivity contribution is 9.10. The van der Waals surface area contributed by atoms with E-state index in [2.05, 4.69) is 44.5 Å². The van der Waals surface area contributed by atoms with Gasteiger partial charge in [-0.1, -0.05) is 25.4 Å². The van der Waals surface area contributed by atoms with Gasteiger partial charge in [-0.15, -0.1) is 21.8 Å². The summed E-state index contributed by atoms with van der Waals surface area (Å²) in [4.78, 5) is 0. The molecule has 0 saturated carbocycles. The molecule has 6 heteroatoms. The molecule has 102 valence electrons. The Morgan fingerprint density at radius 2 is 2.05 bits per heavy atom. The van der Waals surface area contributed by atoms with E-state index in [4.69, 9.17) is 23.2 Å². The number of benzene rings is 1. The van der Waals surface area contributed by atoms with Crippen molar-refractivity contribution in [3.05, 3.63) is 33.5 Å². The van der Waals surface area contributed by atoms with Crippen molar-refractivity contribution >= 4 is 39.1 Å². The molecule has 19 heavy (non-hydrogen) atoms. The summed E-state index contributed by atoms with van der Waals surface area (Å²) in [5.74, 6) is 2.46. The molecule has 1 heterocycles. The van der Waals surface area contributed by atoms with Crippen molar-refractivity contribution < 1.29 is 0 Å². The number of hydrogen-bond donors (Lipinski definition) is 0. The SMILES string of the molecule is CC(C)Cn1c(CCl)nnc1-c1ccc(Cl)c(Br)c1. The summed E-state index contributed by atoms with van der Waals surface area (Å²) < 4.78 is 2.91. The lowest BCUT2D eigenvalue weighted by molar-refractivity contribution is 0.515. The Kier molecular flexibility index (Phi) is 4.87. The van der Waals surface area contributed by atoms with Crippen LogP contribution in [0.3, 0.4) is 0 Å². The second-order valence-electron chi connectivity index (χ2n) is 4.71. The van der Waals surface area contributed by atoms with E-state index >= 15 is 0 Å². The lowest BCUT2D eigenvalue weighted by Gasteiger charge is -2.12. The van der Waals surface area contributed by atoms with Gasteiger partial charge in [-0.25, -0.2) is 0 Å². The van der Waals surface area contributed by atoms with Crippen LogP contribution in [0, 0.1) is 5.92 Å². The molecule has 0 aliphatic heterocycles. The average molecular weight is 363 g/mol. The molecule has 0 fully saturated rings. The fourth-order valence-corrected chi connectivity index (χ4v) is 2.53. The van der Waals surface area contributed by atoms with Gasteiger partial charge in [0.2, 0.25) is 0 Å². The number of nitrogens with zero attached hydrogens (tertiary/aromatic N) is 3. The number of rotatable bonds is 4. The third-order valence-corrected chi connectivity index (χ3v) is 4.13. The molecule has 0 N–H and O–H groups in total. The molecule has 0 saturated heterocycles. The van der Waals surface area contributed by atoms with Gasteiger partial charge in [-0.05, 0) is 40.0 Å². The van der Waals surface area contributed by atoms with E-state index < -0.39 is 0 Å². The zero-order chi connectivity index (χ0) is 14.0. The van der Waals surface area contributed by atoms with E-state index in [1.54, 1.807) is 0 Å². The average Bonchev–Trinajstić information content (AvgIpc) is 2.75. The van der Waals surface area contributed by atoms with Crippen LogP contribution in [0.1, 0.15) is 19.7 Å². The topological polar surface area (TPSA) is 30.7 Å². The van der Waals surface area contributed by atoms with Crippen LogP contribution in [0.2, 0.25) is 5.02 Å². The first-order valence-electron chi connectivity index (χ1n) is 5.96. The van der Waals surface area contributed by atoms with Crippen LogP contribution < -0.4 is 0 Å². The van der Waals surface area contributed by atoms with Crippen molar-refractivity contribution in [3.8, 4) is 11.4 Å². The van der Waals surface area contributed by atoms with Crippen molar-refractivity contribution in [1.82, 2.24) is 14.8 Å². The van der Waals surface area contributed by atoms with Crippen LogP contribution in [0.25, 0.3) is 11.4 Å². The number of aromatic nitrogens is 3. The van der Waals surface area contributed by atoms with Crippen molar-refractivity contribution in [1.29, 1.82) is 0 Å². The Labute approximate surface area is 131 Å². The fraction of sp³-hybridized carbons (Fsp3) is 0.385. The molecule has 1 aromatic heterocycles. The van der Waals surface area contributed by atoms with Gasteiger partial charge < -0.3 is 4.57 Å². The minimum absolute atomic E-state index is 0.356. The van der Waals surface area contributed by atoms with E-state index in [-0.39, 0.29) is 0 Å². The molecule has 0 spiro atoms. The monoisotopic (exact) mass is 361 g/mol. The van der Waals surface area contributed by atoms with Gasteiger partial charge in [0.1, 0.15) is 5.82 Å². The Bertz CT molecular complexity index is 581. The standard InChI is InChI=1S/C13H14BrCl2N3/c1-8(2)7-19-12(6-15)17-18-13(19)9-3-4-11(16)10(14)5-9/h3-5,8H,6-7H2,1-2H3. The van der Waals surface area contributed by atoms with Crippen LogP contribution in [-0.4, -0.2) is 14.8 Å². The lowest BCUT2D eigenvalue weighted by atomic mass is 10.2. The number of hydrogen-bond acceptors (Lipinski definition) is 2. The molecule has 0 radical (unpaired) electrons. The summed E-state index contributed by atoms with van der Waals surface area (Å²) in [5, 5.41) is 9.07. The fourth-order valence-electron chi connectivity index (χ4n) is 1.84. The second kappa shape index (κ2) is 6.25. The van der Waals surface area contributed by atoms with Gasteiger partial charge in [0, 0.05) is 16.6 Å². The maximum atomic E-state index is 6.01.